The van der Waals surface area contributed by atoms with Crippen LogP contribution >= 0.6 is 0 Å². The number of hydrogen-bond acceptors (Lipinski definition) is 4. The lowest BCUT2D eigenvalue weighted by molar-refractivity contribution is -0.141. The molecule has 0 radical (unpaired) electrons. The average Bonchev–Trinajstić information content (AvgIpc) is 2.91. The molecule has 0 bridgehead atoms. The number of hydrogen-bond donors (Lipinski definition) is 0. The van der Waals surface area contributed by atoms with E-state index in [2.05, 4.69) is 10.1 Å². The lowest BCUT2D eigenvalue weighted by Crippen LogP contribution is -2.08. The zero-order valence-electron chi connectivity index (χ0n) is 13.3. The molecule has 1 aromatic carbocycles. The first-order valence-electron chi connectivity index (χ1n) is 7.14. The maximum Gasteiger partial charge on any atom is 0.416 e. The van der Waals surface area contributed by atoms with Gasteiger partial charge in [0, 0.05) is 17.8 Å². The molecule has 0 atom stereocenters. The summed E-state index contributed by atoms with van der Waals surface area (Å²) in [7, 11) is 0. The van der Waals surface area contributed by atoms with Crippen LogP contribution in [0, 0.1) is 6.92 Å². The fourth-order valence-corrected chi connectivity index (χ4v) is 1.96. The highest BCUT2D eigenvalue weighted by Crippen LogP contribution is 2.32. The van der Waals surface area contributed by atoms with Crippen molar-refractivity contribution in [2.75, 3.05) is 0 Å². The van der Waals surface area contributed by atoms with Crippen LogP contribution in [0.15, 0.2) is 30.6 Å². The smallest absolute Gasteiger partial charge is 0.416 e. The van der Waals surface area contributed by atoms with Crippen molar-refractivity contribution in [1.82, 2.24) is 14.8 Å². The summed E-state index contributed by atoms with van der Waals surface area (Å²) in [5.74, 6) is -0.414. The minimum absolute atomic E-state index is 0.131. The van der Waals surface area contributed by atoms with Crippen molar-refractivity contribution in [3.05, 3.63) is 41.7 Å². The highest BCUT2D eigenvalue weighted by Gasteiger charge is 2.31. The molecule has 0 aliphatic heterocycles. The van der Waals surface area contributed by atoms with E-state index < -0.39 is 17.7 Å². The zero-order chi connectivity index (χ0) is 17.9. The van der Waals surface area contributed by atoms with Gasteiger partial charge in [-0.05, 0) is 44.5 Å². The second-order valence-electron chi connectivity index (χ2n) is 5.44. The second-order valence-corrected chi connectivity index (χ2v) is 5.44. The molecular weight excluding hydrogens is 323 g/mol. The topological polar surface area (TPSA) is 57.0 Å². The van der Waals surface area contributed by atoms with Gasteiger partial charge in [0.1, 0.15) is 6.33 Å². The molecule has 0 N–H and O–H groups in total. The number of carbonyl (C=O) groups is 1. The summed E-state index contributed by atoms with van der Waals surface area (Å²) in [5, 5.41) is 4.04. The van der Waals surface area contributed by atoms with E-state index in [1.165, 1.54) is 17.2 Å². The number of halogens is 3. The van der Waals surface area contributed by atoms with E-state index >= 15 is 0 Å². The number of carbonyl (C=O) groups excluding carboxylic acids is 1. The molecular formula is C16H16F3N3O2. The Morgan fingerprint density at radius 2 is 2.00 bits per heavy atom. The van der Waals surface area contributed by atoms with Crippen molar-refractivity contribution < 1.29 is 22.7 Å². The number of aryl methyl sites for hydroxylation is 1. The molecule has 0 aliphatic carbocycles. The van der Waals surface area contributed by atoms with Crippen molar-refractivity contribution in [3.63, 3.8) is 0 Å². The third-order valence-corrected chi connectivity index (χ3v) is 2.89. The lowest BCUT2D eigenvalue weighted by Gasteiger charge is -2.09. The molecule has 8 heteroatoms. The van der Waals surface area contributed by atoms with Crippen LogP contribution in [0.4, 0.5) is 13.2 Å². The number of benzene rings is 1. The molecule has 24 heavy (non-hydrogen) atoms. The van der Waals surface area contributed by atoms with Crippen molar-refractivity contribution >= 4 is 12.2 Å². The largest absolute Gasteiger partial charge is 0.460 e. The molecule has 0 amide bonds. The molecule has 128 valence electrons. The highest BCUT2D eigenvalue weighted by molar-refractivity contribution is 5.85. The van der Waals surface area contributed by atoms with Crippen LogP contribution in [-0.4, -0.2) is 26.8 Å². The molecule has 0 unspecified atom stereocenters. The van der Waals surface area contributed by atoms with Gasteiger partial charge >= 0.3 is 12.1 Å². The van der Waals surface area contributed by atoms with E-state index in [9.17, 15) is 18.0 Å². The Hall–Kier alpha value is -2.64. The highest BCUT2D eigenvalue weighted by atomic mass is 19.4. The van der Waals surface area contributed by atoms with Gasteiger partial charge in [-0.1, -0.05) is 0 Å². The standard InChI is InChI=1S/C16H16F3N3O2/c1-10(2)24-14(23)4-5-22-9-20-15(21-22)12-6-11(3)7-13(8-12)16(17,18)19/h4-10H,1-3H3. The summed E-state index contributed by atoms with van der Waals surface area (Å²) in [4.78, 5) is 15.4. The minimum Gasteiger partial charge on any atom is -0.460 e. The summed E-state index contributed by atoms with van der Waals surface area (Å²) >= 11 is 0. The number of nitrogens with zero attached hydrogens (tertiary/aromatic N) is 3. The maximum absolute atomic E-state index is 12.9. The normalized spacial score (nSPS) is 12.1. The van der Waals surface area contributed by atoms with E-state index in [-0.39, 0.29) is 17.5 Å². The zero-order valence-corrected chi connectivity index (χ0v) is 13.3. The number of ether oxygens (including phenoxy) is 1. The van der Waals surface area contributed by atoms with Gasteiger partial charge in [-0.3, -0.25) is 0 Å². The van der Waals surface area contributed by atoms with Gasteiger partial charge in [0.05, 0.1) is 11.7 Å². The number of rotatable bonds is 4. The van der Waals surface area contributed by atoms with Crippen molar-refractivity contribution in [1.29, 1.82) is 0 Å². The van der Waals surface area contributed by atoms with Crippen LogP contribution in [0.3, 0.4) is 0 Å². The first-order chi connectivity index (χ1) is 11.1. The summed E-state index contributed by atoms with van der Waals surface area (Å²) in [5.41, 5.74) is -0.0589. The predicted molar refractivity (Wildman–Crippen MR) is 81.8 cm³/mol. The predicted octanol–water partition coefficient (Wildman–Crippen LogP) is 3.69. The SMILES string of the molecule is Cc1cc(-c2ncn(C=CC(=O)OC(C)C)n2)cc(C(F)(F)F)c1. The maximum atomic E-state index is 12.9. The molecule has 0 aliphatic rings. The average molecular weight is 339 g/mol. The van der Waals surface area contributed by atoms with E-state index in [1.54, 1.807) is 26.8 Å². The van der Waals surface area contributed by atoms with E-state index in [1.807, 2.05) is 0 Å². The number of alkyl halides is 3. The molecule has 1 aromatic heterocycles. The van der Waals surface area contributed by atoms with E-state index in [0.717, 1.165) is 18.2 Å². The fourth-order valence-electron chi connectivity index (χ4n) is 1.96. The molecule has 1 heterocycles. The molecule has 0 saturated carbocycles. The van der Waals surface area contributed by atoms with Gasteiger partial charge in [-0.2, -0.15) is 13.2 Å². The first-order valence-corrected chi connectivity index (χ1v) is 7.14. The molecule has 2 aromatic rings. The van der Waals surface area contributed by atoms with Gasteiger partial charge < -0.3 is 4.74 Å². The summed E-state index contributed by atoms with van der Waals surface area (Å²) in [6.45, 7) is 5.00. The van der Waals surface area contributed by atoms with Crippen LogP contribution < -0.4 is 0 Å². The summed E-state index contributed by atoms with van der Waals surface area (Å²) < 4.78 is 44.8. The van der Waals surface area contributed by atoms with Crippen molar-refractivity contribution in [2.24, 2.45) is 0 Å². The monoisotopic (exact) mass is 339 g/mol. The summed E-state index contributed by atoms with van der Waals surface area (Å²) in [6.07, 6.45) is -0.910. The fraction of sp³-hybridized carbons (Fsp3) is 0.312. The Morgan fingerprint density at radius 1 is 1.29 bits per heavy atom. The Kier molecular flexibility index (Phi) is 5.06. The lowest BCUT2D eigenvalue weighted by atomic mass is 10.1. The minimum atomic E-state index is -4.44. The molecule has 2 rings (SSSR count). The van der Waals surface area contributed by atoms with Gasteiger partial charge in [0.2, 0.25) is 0 Å². The first kappa shape index (κ1) is 17.7. The van der Waals surface area contributed by atoms with Gasteiger partial charge in [0.25, 0.3) is 0 Å². The molecule has 0 fully saturated rings. The van der Waals surface area contributed by atoms with Gasteiger partial charge in [-0.15, -0.1) is 5.10 Å². The van der Waals surface area contributed by atoms with Crippen molar-refractivity contribution in [2.45, 2.75) is 33.1 Å². The Morgan fingerprint density at radius 3 is 2.62 bits per heavy atom. The quantitative estimate of drug-likeness (QED) is 0.630. The van der Waals surface area contributed by atoms with Crippen LogP contribution in [-0.2, 0) is 15.7 Å². The van der Waals surface area contributed by atoms with Crippen LogP contribution in [0.2, 0.25) is 0 Å². The Balaban J connectivity index is 2.23. The second kappa shape index (κ2) is 6.86. The number of esters is 1. The van der Waals surface area contributed by atoms with E-state index in [4.69, 9.17) is 4.74 Å². The molecule has 5 nitrogen and oxygen atoms in total. The van der Waals surface area contributed by atoms with Gasteiger partial charge in [0.15, 0.2) is 5.82 Å². The van der Waals surface area contributed by atoms with Crippen molar-refractivity contribution in [3.8, 4) is 11.4 Å². The van der Waals surface area contributed by atoms with E-state index in [0.29, 0.717) is 5.56 Å². The van der Waals surface area contributed by atoms with Gasteiger partial charge in [-0.25, -0.2) is 14.5 Å². The van der Waals surface area contributed by atoms with Crippen LogP contribution in [0.5, 0.6) is 0 Å². The third kappa shape index (κ3) is 4.68. The summed E-state index contributed by atoms with van der Waals surface area (Å²) in [6, 6.07) is 3.61. The van der Waals surface area contributed by atoms with Crippen LogP contribution in [0.1, 0.15) is 25.0 Å². The number of aromatic nitrogens is 3. The Bertz CT molecular complexity index is 764. The Labute approximate surface area is 136 Å². The third-order valence-electron chi connectivity index (χ3n) is 2.89. The molecule has 0 spiro atoms. The molecule has 0 saturated heterocycles. The van der Waals surface area contributed by atoms with Crippen LogP contribution in [0.25, 0.3) is 17.6 Å².